The van der Waals surface area contributed by atoms with E-state index in [-0.39, 0.29) is 21.8 Å². The molecule has 106 valence electrons. The lowest BCUT2D eigenvalue weighted by Gasteiger charge is -2.09. The lowest BCUT2D eigenvalue weighted by Crippen LogP contribution is -2.29. The van der Waals surface area contributed by atoms with Crippen LogP contribution < -0.4 is 16.0 Å². The van der Waals surface area contributed by atoms with Crippen LogP contribution in [0, 0.1) is 10.8 Å². The van der Waals surface area contributed by atoms with Crippen LogP contribution in [0.5, 0.6) is 0 Å². The second-order valence-corrected chi connectivity index (χ2v) is 7.88. The van der Waals surface area contributed by atoms with Gasteiger partial charge in [-0.1, -0.05) is 27.7 Å². The topological polar surface area (TPSA) is 84.2 Å². The molecule has 1 aliphatic carbocycles. The lowest BCUT2D eigenvalue weighted by atomic mass is 10.0. The number of anilines is 1. The fraction of sp³-hybridized carbons (Fsp3) is 0.538. The molecule has 4 N–H and O–H groups in total. The SMILES string of the molecule is CC1(C)C(NS(=O)(=O)c2ccc(NN)cc2)C1(C)C. The van der Waals surface area contributed by atoms with Crippen molar-refractivity contribution in [2.75, 3.05) is 5.43 Å². The third kappa shape index (κ3) is 2.24. The van der Waals surface area contributed by atoms with Gasteiger partial charge in [-0.05, 0) is 35.1 Å². The first-order chi connectivity index (χ1) is 8.63. The van der Waals surface area contributed by atoms with Gasteiger partial charge in [0, 0.05) is 11.7 Å². The molecule has 0 saturated heterocycles. The van der Waals surface area contributed by atoms with Gasteiger partial charge in [0.2, 0.25) is 10.0 Å². The van der Waals surface area contributed by atoms with Crippen LogP contribution >= 0.6 is 0 Å². The van der Waals surface area contributed by atoms with Gasteiger partial charge in [-0.3, -0.25) is 5.84 Å². The van der Waals surface area contributed by atoms with E-state index in [9.17, 15) is 8.42 Å². The number of nitrogens with two attached hydrogens (primary N) is 1. The molecule has 0 atom stereocenters. The Balaban J connectivity index is 2.20. The number of nitrogen functional groups attached to an aromatic ring is 1. The van der Waals surface area contributed by atoms with E-state index in [4.69, 9.17) is 5.84 Å². The Bertz CT molecular complexity index is 562. The van der Waals surface area contributed by atoms with Gasteiger partial charge in [-0.2, -0.15) is 0 Å². The van der Waals surface area contributed by atoms with Gasteiger partial charge in [0.05, 0.1) is 4.90 Å². The van der Waals surface area contributed by atoms with E-state index < -0.39 is 10.0 Å². The van der Waals surface area contributed by atoms with E-state index >= 15 is 0 Å². The maximum Gasteiger partial charge on any atom is 0.240 e. The second kappa shape index (κ2) is 4.19. The lowest BCUT2D eigenvalue weighted by molar-refractivity contribution is 0.457. The molecule has 0 aliphatic heterocycles. The molecular weight excluding hydrogens is 262 g/mol. The molecule has 0 bridgehead atoms. The molecule has 1 aromatic rings. The Morgan fingerprint density at radius 2 is 1.53 bits per heavy atom. The molecule has 2 rings (SSSR count). The molecule has 19 heavy (non-hydrogen) atoms. The van der Waals surface area contributed by atoms with Gasteiger partial charge in [0.1, 0.15) is 0 Å². The fourth-order valence-corrected chi connectivity index (χ4v) is 3.97. The number of hydrogen-bond donors (Lipinski definition) is 3. The molecule has 0 spiro atoms. The van der Waals surface area contributed by atoms with Crippen LogP contribution in [-0.2, 0) is 10.0 Å². The van der Waals surface area contributed by atoms with E-state index in [0.29, 0.717) is 5.69 Å². The minimum atomic E-state index is -3.48. The Kier molecular flexibility index (Phi) is 3.16. The van der Waals surface area contributed by atoms with E-state index in [1.54, 1.807) is 24.3 Å². The molecule has 0 heterocycles. The summed E-state index contributed by atoms with van der Waals surface area (Å²) < 4.78 is 27.4. The smallest absolute Gasteiger partial charge is 0.240 e. The summed E-state index contributed by atoms with van der Waals surface area (Å²) >= 11 is 0. The van der Waals surface area contributed by atoms with E-state index in [0.717, 1.165) is 0 Å². The summed E-state index contributed by atoms with van der Waals surface area (Å²) in [5.74, 6) is 5.26. The molecule has 5 nitrogen and oxygen atoms in total. The van der Waals surface area contributed by atoms with Crippen molar-refractivity contribution in [2.45, 2.75) is 38.6 Å². The third-order valence-corrected chi connectivity index (χ3v) is 6.06. The molecule has 1 fully saturated rings. The van der Waals surface area contributed by atoms with Crippen molar-refractivity contribution < 1.29 is 8.42 Å². The van der Waals surface area contributed by atoms with Gasteiger partial charge >= 0.3 is 0 Å². The Hall–Kier alpha value is -1.11. The average molecular weight is 283 g/mol. The highest BCUT2D eigenvalue weighted by atomic mass is 32.2. The highest BCUT2D eigenvalue weighted by Crippen LogP contribution is 2.62. The molecular formula is C13H21N3O2S. The second-order valence-electron chi connectivity index (χ2n) is 6.17. The summed E-state index contributed by atoms with van der Waals surface area (Å²) in [5.41, 5.74) is 3.08. The highest BCUT2D eigenvalue weighted by molar-refractivity contribution is 7.89. The summed E-state index contributed by atoms with van der Waals surface area (Å²) in [6.07, 6.45) is 0. The molecule has 0 amide bonds. The number of hydrazine groups is 1. The van der Waals surface area contributed by atoms with Crippen molar-refractivity contribution in [3.8, 4) is 0 Å². The molecule has 0 unspecified atom stereocenters. The Morgan fingerprint density at radius 1 is 1.05 bits per heavy atom. The Labute approximate surface area is 114 Å². The third-order valence-electron chi connectivity index (χ3n) is 4.63. The fourth-order valence-electron chi connectivity index (χ4n) is 2.44. The van der Waals surface area contributed by atoms with Gasteiger partial charge in [0.15, 0.2) is 0 Å². The zero-order valence-corrected chi connectivity index (χ0v) is 12.5. The van der Waals surface area contributed by atoms with E-state index in [2.05, 4.69) is 37.8 Å². The number of sulfonamides is 1. The van der Waals surface area contributed by atoms with Crippen LogP contribution in [0.2, 0.25) is 0 Å². The van der Waals surface area contributed by atoms with Crippen molar-refractivity contribution >= 4 is 15.7 Å². The molecule has 6 heteroatoms. The number of hydrogen-bond acceptors (Lipinski definition) is 4. The van der Waals surface area contributed by atoms with Crippen LogP contribution in [0.25, 0.3) is 0 Å². The largest absolute Gasteiger partial charge is 0.324 e. The zero-order chi connectivity index (χ0) is 14.5. The molecule has 1 saturated carbocycles. The van der Waals surface area contributed by atoms with Crippen LogP contribution in [0.3, 0.4) is 0 Å². The monoisotopic (exact) mass is 283 g/mol. The van der Waals surface area contributed by atoms with Crippen LogP contribution in [-0.4, -0.2) is 14.5 Å². The predicted molar refractivity (Wildman–Crippen MR) is 75.9 cm³/mol. The van der Waals surface area contributed by atoms with Crippen LogP contribution in [0.1, 0.15) is 27.7 Å². The van der Waals surface area contributed by atoms with Crippen LogP contribution in [0.15, 0.2) is 29.2 Å². The summed E-state index contributed by atoms with van der Waals surface area (Å²) in [7, 11) is -3.48. The quantitative estimate of drug-likeness (QED) is 0.580. The standard InChI is InChI=1S/C13H21N3O2S/c1-12(2)11(13(12,3)4)16-19(17,18)10-7-5-9(15-14)6-8-10/h5-8,11,15-16H,14H2,1-4H3. The number of benzene rings is 1. The molecule has 1 aromatic carbocycles. The molecule has 0 radical (unpaired) electrons. The normalized spacial score (nSPS) is 21.1. The van der Waals surface area contributed by atoms with E-state index in [1.807, 2.05) is 0 Å². The van der Waals surface area contributed by atoms with Gasteiger partial charge in [-0.15, -0.1) is 0 Å². The van der Waals surface area contributed by atoms with Crippen LogP contribution in [0.4, 0.5) is 5.69 Å². The van der Waals surface area contributed by atoms with Gasteiger partial charge in [-0.25, -0.2) is 13.1 Å². The molecule has 1 aliphatic rings. The van der Waals surface area contributed by atoms with Crippen molar-refractivity contribution in [1.82, 2.24) is 4.72 Å². The highest BCUT2D eigenvalue weighted by Gasteiger charge is 2.65. The number of nitrogens with one attached hydrogen (secondary N) is 2. The maximum absolute atomic E-state index is 12.3. The summed E-state index contributed by atoms with van der Waals surface area (Å²) in [6.45, 7) is 8.28. The number of rotatable bonds is 4. The van der Waals surface area contributed by atoms with Gasteiger partial charge < -0.3 is 5.43 Å². The summed E-state index contributed by atoms with van der Waals surface area (Å²) in [5, 5.41) is 0. The maximum atomic E-state index is 12.3. The predicted octanol–water partition coefficient (Wildman–Crippen LogP) is 1.69. The Morgan fingerprint density at radius 3 is 1.89 bits per heavy atom. The first-order valence-electron chi connectivity index (χ1n) is 6.22. The summed E-state index contributed by atoms with van der Waals surface area (Å²) in [6, 6.07) is 6.31. The van der Waals surface area contributed by atoms with Crippen molar-refractivity contribution in [1.29, 1.82) is 0 Å². The minimum absolute atomic E-state index is 0.0289. The zero-order valence-electron chi connectivity index (χ0n) is 11.7. The van der Waals surface area contributed by atoms with Crippen molar-refractivity contribution in [3.05, 3.63) is 24.3 Å². The minimum Gasteiger partial charge on any atom is -0.324 e. The van der Waals surface area contributed by atoms with Gasteiger partial charge in [0.25, 0.3) is 0 Å². The van der Waals surface area contributed by atoms with E-state index in [1.165, 1.54) is 0 Å². The first kappa shape index (κ1) is 14.3. The van der Waals surface area contributed by atoms with Crippen molar-refractivity contribution in [3.63, 3.8) is 0 Å². The first-order valence-corrected chi connectivity index (χ1v) is 7.70. The van der Waals surface area contributed by atoms with Crippen molar-refractivity contribution in [2.24, 2.45) is 16.7 Å². The average Bonchev–Trinajstić information content (AvgIpc) is 2.71. The summed E-state index contributed by atoms with van der Waals surface area (Å²) in [4.78, 5) is 0.255. The molecule has 0 aromatic heterocycles.